The first-order valence-corrected chi connectivity index (χ1v) is 7.49. The Hall–Kier alpha value is -1.60. The molecule has 0 amide bonds. The van der Waals surface area contributed by atoms with Crippen LogP contribution in [0.2, 0.25) is 0 Å². The minimum absolute atomic E-state index is 0.950. The second-order valence-electron chi connectivity index (χ2n) is 5.63. The predicted molar refractivity (Wildman–Crippen MR) is 88.1 cm³/mol. The van der Waals surface area contributed by atoms with Crippen LogP contribution in [0.1, 0.15) is 35.6 Å². The second-order valence-corrected chi connectivity index (χ2v) is 5.63. The van der Waals surface area contributed by atoms with Crippen molar-refractivity contribution in [2.75, 3.05) is 6.54 Å². The van der Waals surface area contributed by atoms with E-state index in [1.807, 2.05) is 0 Å². The topological polar surface area (TPSA) is 12.0 Å². The van der Waals surface area contributed by atoms with E-state index in [0.717, 1.165) is 13.1 Å². The molecule has 0 aliphatic rings. The van der Waals surface area contributed by atoms with Crippen molar-refractivity contribution < 1.29 is 0 Å². The molecule has 0 saturated carbocycles. The van der Waals surface area contributed by atoms with E-state index in [9.17, 15) is 0 Å². The first-order chi connectivity index (χ1) is 9.61. The van der Waals surface area contributed by atoms with E-state index in [4.69, 9.17) is 0 Å². The molecule has 0 aliphatic carbocycles. The summed E-state index contributed by atoms with van der Waals surface area (Å²) in [6, 6.07) is 13.5. The van der Waals surface area contributed by atoms with Crippen molar-refractivity contribution in [2.45, 2.75) is 40.7 Å². The molecular formula is C19H25N. The van der Waals surface area contributed by atoms with Crippen LogP contribution in [-0.4, -0.2) is 6.54 Å². The summed E-state index contributed by atoms with van der Waals surface area (Å²) in [5, 5.41) is 3.47. The molecule has 1 N–H and O–H groups in total. The number of benzene rings is 2. The molecule has 2 aromatic rings. The smallest absolute Gasteiger partial charge is 0.0205 e. The quantitative estimate of drug-likeness (QED) is 0.769. The van der Waals surface area contributed by atoms with Crippen molar-refractivity contribution in [3.8, 4) is 11.1 Å². The average molecular weight is 267 g/mol. The van der Waals surface area contributed by atoms with Gasteiger partial charge in [-0.1, -0.05) is 37.3 Å². The molecule has 2 rings (SSSR count). The molecule has 0 spiro atoms. The molecule has 0 atom stereocenters. The molecule has 0 fully saturated rings. The Balaban J connectivity index is 2.29. The standard InChI is InChI=1S/C19H25N/c1-5-10-20-13-17-8-6-15(3)19(12-17)18-9-7-14(2)16(4)11-18/h6-9,11-12,20H,5,10,13H2,1-4H3. The van der Waals surface area contributed by atoms with Crippen LogP contribution >= 0.6 is 0 Å². The molecule has 0 aliphatic heterocycles. The summed E-state index contributed by atoms with van der Waals surface area (Å²) in [5.74, 6) is 0. The van der Waals surface area contributed by atoms with Gasteiger partial charge in [-0.2, -0.15) is 0 Å². The molecule has 2 aromatic carbocycles. The number of aryl methyl sites for hydroxylation is 3. The third-order valence-corrected chi connectivity index (χ3v) is 3.88. The zero-order valence-corrected chi connectivity index (χ0v) is 13.1. The van der Waals surface area contributed by atoms with Crippen molar-refractivity contribution in [2.24, 2.45) is 0 Å². The average Bonchev–Trinajstić information content (AvgIpc) is 2.44. The highest BCUT2D eigenvalue weighted by atomic mass is 14.8. The van der Waals surface area contributed by atoms with E-state index in [-0.39, 0.29) is 0 Å². The minimum atomic E-state index is 0.950. The Morgan fingerprint density at radius 3 is 2.30 bits per heavy atom. The molecular weight excluding hydrogens is 242 g/mol. The predicted octanol–water partition coefficient (Wildman–Crippen LogP) is 4.78. The van der Waals surface area contributed by atoms with Crippen LogP contribution in [-0.2, 0) is 6.54 Å². The van der Waals surface area contributed by atoms with E-state index in [1.165, 1.54) is 39.8 Å². The second kappa shape index (κ2) is 6.71. The molecule has 1 heteroatoms. The van der Waals surface area contributed by atoms with E-state index < -0.39 is 0 Å². The summed E-state index contributed by atoms with van der Waals surface area (Å²) < 4.78 is 0. The van der Waals surface area contributed by atoms with Crippen molar-refractivity contribution in [3.05, 3.63) is 58.7 Å². The number of hydrogen-bond acceptors (Lipinski definition) is 1. The Bertz CT molecular complexity index is 584. The lowest BCUT2D eigenvalue weighted by molar-refractivity contribution is 0.675. The summed E-state index contributed by atoms with van der Waals surface area (Å²) in [6.45, 7) is 10.8. The highest BCUT2D eigenvalue weighted by Crippen LogP contribution is 2.26. The minimum Gasteiger partial charge on any atom is -0.313 e. The van der Waals surface area contributed by atoms with Gasteiger partial charge in [0.2, 0.25) is 0 Å². The van der Waals surface area contributed by atoms with Gasteiger partial charge in [-0.25, -0.2) is 0 Å². The molecule has 0 radical (unpaired) electrons. The maximum atomic E-state index is 3.47. The molecule has 20 heavy (non-hydrogen) atoms. The van der Waals surface area contributed by atoms with E-state index >= 15 is 0 Å². The van der Waals surface area contributed by atoms with Gasteiger partial charge < -0.3 is 5.32 Å². The van der Waals surface area contributed by atoms with Crippen molar-refractivity contribution in [1.82, 2.24) is 5.32 Å². The normalized spacial score (nSPS) is 10.8. The Labute approximate surface area is 123 Å². The van der Waals surface area contributed by atoms with Gasteiger partial charge in [0.1, 0.15) is 0 Å². The lowest BCUT2D eigenvalue weighted by atomic mass is 9.95. The fraction of sp³-hybridized carbons (Fsp3) is 0.368. The van der Waals surface area contributed by atoms with E-state index in [1.54, 1.807) is 0 Å². The first kappa shape index (κ1) is 14.8. The van der Waals surface area contributed by atoms with Crippen LogP contribution in [0.3, 0.4) is 0 Å². The highest BCUT2D eigenvalue weighted by molar-refractivity contribution is 5.69. The van der Waals surface area contributed by atoms with E-state index in [2.05, 4.69) is 69.4 Å². The van der Waals surface area contributed by atoms with Crippen LogP contribution < -0.4 is 5.32 Å². The van der Waals surface area contributed by atoms with Gasteiger partial charge in [0.25, 0.3) is 0 Å². The van der Waals surface area contributed by atoms with Crippen LogP contribution in [0.15, 0.2) is 36.4 Å². The third-order valence-electron chi connectivity index (χ3n) is 3.88. The van der Waals surface area contributed by atoms with Gasteiger partial charge in [-0.15, -0.1) is 0 Å². The van der Waals surface area contributed by atoms with Gasteiger partial charge in [0.15, 0.2) is 0 Å². The summed E-state index contributed by atoms with van der Waals surface area (Å²) in [6.07, 6.45) is 1.18. The van der Waals surface area contributed by atoms with Gasteiger partial charge in [-0.3, -0.25) is 0 Å². The lowest BCUT2D eigenvalue weighted by Gasteiger charge is -2.11. The zero-order valence-electron chi connectivity index (χ0n) is 13.1. The van der Waals surface area contributed by atoms with E-state index in [0.29, 0.717) is 0 Å². The SMILES string of the molecule is CCCNCc1ccc(C)c(-c2ccc(C)c(C)c2)c1. The maximum absolute atomic E-state index is 3.47. The zero-order chi connectivity index (χ0) is 14.5. The number of rotatable bonds is 5. The van der Waals surface area contributed by atoms with Gasteiger partial charge in [-0.05, 0) is 73.2 Å². The van der Waals surface area contributed by atoms with Crippen molar-refractivity contribution >= 4 is 0 Å². The maximum Gasteiger partial charge on any atom is 0.0205 e. The summed E-state index contributed by atoms with van der Waals surface area (Å²) in [5.41, 5.74) is 8.08. The Morgan fingerprint density at radius 2 is 1.60 bits per heavy atom. The fourth-order valence-corrected chi connectivity index (χ4v) is 2.41. The fourth-order valence-electron chi connectivity index (χ4n) is 2.41. The van der Waals surface area contributed by atoms with Gasteiger partial charge in [0, 0.05) is 6.54 Å². The summed E-state index contributed by atoms with van der Waals surface area (Å²) >= 11 is 0. The monoisotopic (exact) mass is 267 g/mol. The highest BCUT2D eigenvalue weighted by Gasteiger charge is 2.05. The van der Waals surface area contributed by atoms with Crippen LogP contribution in [0, 0.1) is 20.8 Å². The van der Waals surface area contributed by atoms with Crippen molar-refractivity contribution in [1.29, 1.82) is 0 Å². The summed E-state index contributed by atoms with van der Waals surface area (Å²) in [4.78, 5) is 0. The molecule has 106 valence electrons. The molecule has 1 nitrogen and oxygen atoms in total. The lowest BCUT2D eigenvalue weighted by Crippen LogP contribution is -2.13. The van der Waals surface area contributed by atoms with Gasteiger partial charge >= 0.3 is 0 Å². The summed E-state index contributed by atoms with van der Waals surface area (Å²) in [7, 11) is 0. The third kappa shape index (κ3) is 3.49. The number of nitrogens with one attached hydrogen (secondary N) is 1. The van der Waals surface area contributed by atoms with Crippen LogP contribution in [0.5, 0.6) is 0 Å². The van der Waals surface area contributed by atoms with Gasteiger partial charge in [0.05, 0.1) is 0 Å². The molecule has 0 aromatic heterocycles. The first-order valence-electron chi connectivity index (χ1n) is 7.49. The molecule has 0 heterocycles. The molecule has 0 saturated heterocycles. The van der Waals surface area contributed by atoms with Crippen LogP contribution in [0.4, 0.5) is 0 Å². The largest absolute Gasteiger partial charge is 0.313 e. The van der Waals surface area contributed by atoms with Crippen LogP contribution in [0.25, 0.3) is 11.1 Å². The molecule has 0 bridgehead atoms. The molecule has 0 unspecified atom stereocenters. The Kier molecular flexibility index (Phi) is 4.97. The van der Waals surface area contributed by atoms with Crippen molar-refractivity contribution in [3.63, 3.8) is 0 Å². The Morgan fingerprint density at radius 1 is 0.850 bits per heavy atom. The number of hydrogen-bond donors (Lipinski definition) is 1.